The van der Waals surface area contributed by atoms with Crippen LogP contribution in [0.25, 0.3) is 0 Å². The minimum Gasteiger partial charge on any atom is -0.378 e. The van der Waals surface area contributed by atoms with Crippen LogP contribution in [0.3, 0.4) is 0 Å². The number of piperazine rings is 1. The van der Waals surface area contributed by atoms with E-state index >= 15 is 0 Å². The van der Waals surface area contributed by atoms with Crippen molar-refractivity contribution in [3.05, 3.63) is 34.2 Å². The highest BCUT2D eigenvalue weighted by atomic mass is 16.5. The molecule has 0 saturated carbocycles. The lowest BCUT2D eigenvalue weighted by molar-refractivity contribution is -0.124. The van der Waals surface area contributed by atoms with Crippen LogP contribution >= 0.6 is 0 Å². The summed E-state index contributed by atoms with van der Waals surface area (Å²) in [5, 5.41) is 6.74. The van der Waals surface area contributed by atoms with E-state index in [0.717, 1.165) is 57.8 Å². The van der Waals surface area contributed by atoms with Crippen molar-refractivity contribution in [1.82, 2.24) is 25.0 Å². The fourth-order valence-electron chi connectivity index (χ4n) is 5.15. The number of nitrogens with one attached hydrogen (secondary N) is 2. The predicted octanol–water partition coefficient (Wildman–Crippen LogP) is 1.81. The Morgan fingerprint density at radius 2 is 1.94 bits per heavy atom. The van der Waals surface area contributed by atoms with Gasteiger partial charge in [-0.3, -0.25) is 19.4 Å². The molecular formula is C27H47N5O3. The fraction of sp³-hybridized carbons (Fsp3) is 0.778. The molecule has 0 unspecified atom stereocenters. The van der Waals surface area contributed by atoms with Crippen molar-refractivity contribution in [3.63, 3.8) is 0 Å². The number of hydrogen-bond acceptors (Lipinski definition) is 6. The molecule has 1 aromatic heterocycles. The molecule has 0 bridgehead atoms. The maximum atomic E-state index is 13.0. The summed E-state index contributed by atoms with van der Waals surface area (Å²) in [5.74, 6) is 0.0385. The van der Waals surface area contributed by atoms with E-state index in [1.54, 1.807) is 10.6 Å². The third-order valence-electron chi connectivity index (χ3n) is 7.60. The maximum Gasteiger partial charge on any atom is 0.250 e. The number of aryl methyl sites for hydroxylation is 1. The van der Waals surface area contributed by atoms with E-state index in [2.05, 4.69) is 62.0 Å². The van der Waals surface area contributed by atoms with Crippen LogP contribution in [-0.2, 0) is 21.5 Å². The molecule has 0 spiro atoms. The van der Waals surface area contributed by atoms with E-state index in [0.29, 0.717) is 31.2 Å². The van der Waals surface area contributed by atoms with Gasteiger partial charge in [0.1, 0.15) is 0 Å². The monoisotopic (exact) mass is 489 g/mol. The number of amides is 1. The number of unbranched alkanes of at least 4 members (excludes halogenated alkanes) is 1. The van der Waals surface area contributed by atoms with Gasteiger partial charge in [-0.05, 0) is 38.8 Å². The largest absolute Gasteiger partial charge is 0.378 e. The molecule has 1 aromatic rings. The summed E-state index contributed by atoms with van der Waals surface area (Å²) < 4.78 is 7.46. The number of morpholine rings is 1. The van der Waals surface area contributed by atoms with Crippen LogP contribution < -0.4 is 16.2 Å². The first-order chi connectivity index (χ1) is 16.6. The predicted molar refractivity (Wildman–Crippen MR) is 141 cm³/mol. The lowest BCUT2D eigenvalue weighted by Crippen LogP contribution is -2.63. The van der Waals surface area contributed by atoms with Gasteiger partial charge >= 0.3 is 0 Å². The lowest BCUT2D eigenvalue weighted by atomic mass is 9.85. The van der Waals surface area contributed by atoms with Gasteiger partial charge in [0.05, 0.1) is 19.8 Å². The highest BCUT2D eigenvalue weighted by Crippen LogP contribution is 2.21. The second-order valence-corrected chi connectivity index (χ2v) is 11.3. The van der Waals surface area contributed by atoms with Crippen molar-refractivity contribution in [2.45, 2.75) is 90.5 Å². The average Bonchev–Trinajstić information content (AvgIpc) is 2.80. The Kier molecular flexibility index (Phi) is 9.93. The zero-order valence-electron chi connectivity index (χ0n) is 22.7. The van der Waals surface area contributed by atoms with E-state index in [-0.39, 0.29) is 22.9 Å². The second-order valence-electron chi connectivity index (χ2n) is 11.3. The number of carbonyl (C=O) groups is 1. The van der Waals surface area contributed by atoms with Gasteiger partial charge < -0.3 is 19.9 Å². The lowest BCUT2D eigenvalue weighted by Gasteiger charge is -2.45. The van der Waals surface area contributed by atoms with Crippen LogP contribution in [-0.4, -0.2) is 90.4 Å². The van der Waals surface area contributed by atoms with Crippen molar-refractivity contribution in [1.29, 1.82) is 0 Å². The van der Waals surface area contributed by atoms with E-state index in [1.807, 2.05) is 12.3 Å². The molecule has 3 heterocycles. The van der Waals surface area contributed by atoms with E-state index < -0.39 is 0 Å². The van der Waals surface area contributed by atoms with Crippen molar-refractivity contribution >= 4 is 5.91 Å². The number of carbonyl (C=O) groups excluding carboxylic acids is 1. The normalized spacial score (nSPS) is 26.6. The average molecular weight is 490 g/mol. The van der Waals surface area contributed by atoms with Gasteiger partial charge in [-0.15, -0.1) is 0 Å². The third kappa shape index (κ3) is 7.62. The molecule has 2 aliphatic rings. The first-order valence-electron chi connectivity index (χ1n) is 13.4. The number of ether oxygens (including phenoxy) is 1. The smallest absolute Gasteiger partial charge is 0.250 e. The summed E-state index contributed by atoms with van der Waals surface area (Å²) in [6, 6.07) is 5.14. The van der Waals surface area contributed by atoms with Crippen LogP contribution in [0.15, 0.2) is 23.1 Å². The maximum absolute atomic E-state index is 13.0. The molecule has 1 amide bonds. The first kappa shape index (κ1) is 27.8. The second kappa shape index (κ2) is 12.5. The number of rotatable bonds is 10. The van der Waals surface area contributed by atoms with Crippen LogP contribution in [0.5, 0.6) is 0 Å². The minimum atomic E-state index is -0.326. The SMILES string of the molecule is CCCCn1ccc(C(C)(C)CNC(=O)CN2C[C@@H](C)NC[C@@H]2CN2[C@H](C)COC[C@H]2C)cc1=O. The Morgan fingerprint density at radius 3 is 2.60 bits per heavy atom. The van der Waals surface area contributed by atoms with Gasteiger partial charge in [0.25, 0.3) is 5.56 Å². The Balaban J connectivity index is 1.58. The zero-order valence-corrected chi connectivity index (χ0v) is 22.7. The molecule has 0 aromatic carbocycles. The van der Waals surface area contributed by atoms with Crippen molar-refractivity contribution < 1.29 is 9.53 Å². The number of hydrogen-bond donors (Lipinski definition) is 2. The number of aromatic nitrogens is 1. The van der Waals surface area contributed by atoms with Gasteiger partial charge in [-0.1, -0.05) is 27.2 Å². The molecule has 8 heteroatoms. The van der Waals surface area contributed by atoms with Crippen molar-refractivity contribution in [2.24, 2.45) is 0 Å². The molecule has 3 rings (SSSR count). The highest BCUT2D eigenvalue weighted by Gasteiger charge is 2.33. The molecule has 8 nitrogen and oxygen atoms in total. The molecule has 0 radical (unpaired) electrons. The summed E-state index contributed by atoms with van der Waals surface area (Å²) in [6.45, 7) is 18.7. The zero-order chi connectivity index (χ0) is 25.6. The van der Waals surface area contributed by atoms with Gasteiger partial charge in [0.2, 0.25) is 5.91 Å². The molecule has 2 N–H and O–H groups in total. The molecular weight excluding hydrogens is 442 g/mol. The van der Waals surface area contributed by atoms with Crippen molar-refractivity contribution in [3.8, 4) is 0 Å². The van der Waals surface area contributed by atoms with Crippen LogP contribution in [0.4, 0.5) is 0 Å². The Bertz CT molecular complexity index is 876. The molecule has 2 fully saturated rings. The third-order valence-corrected chi connectivity index (χ3v) is 7.60. The summed E-state index contributed by atoms with van der Waals surface area (Å²) in [6.07, 6.45) is 3.94. The van der Waals surface area contributed by atoms with Crippen LogP contribution in [0.1, 0.15) is 59.9 Å². The van der Waals surface area contributed by atoms with Gasteiger partial charge in [-0.2, -0.15) is 0 Å². The summed E-state index contributed by atoms with van der Waals surface area (Å²) >= 11 is 0. The standard InChI is InChI=1S/C27H47N5O3/c1-7-8-10-30-11-9-23(12-26(30)34)27(5,6)19-29-25(33)16-31-14-20(2)28-13-24(31)15-32-21(3)17-35-18-22(32)4/h9,11-12,20-22,24,28H,7-8,10,13-19H2,1-6H3,(H,29,33)/t20-,21-,22-,24-/m1/s1. The Hall–Kier alpha value is -1.74. The van der Waals surface area contributed by atoms with E-state index in [4.69, 9.17) is 4.74 Å². The summed E-state index contributed by atoms with van der Waals surface area (Å²) in [4.78, 5) is 30.4. The molecule has 2 saturated heterocycles. The molecule has 198 valence electrons. The van der Waals surface area contributed by atoms with E-state index in [1.165, 1.54) is 0 Å². The summed E-state index contributed by atoms with van der Waals surface area (Å²) in [5.41, 5.74) is 0.659. The van der Waals surface area contributed by atoms with E-state index in [9.17, 15) is 9.59 Å². The topological polar surface area (TPSA) is 78.8 Å². The van der Waals surface area contributed by atoms with Gasteiger partial charge in [-0.25, -0.2) is 0 Å². The summed E-state index contributed by atoms with van der Waals surface area (Å²) in [7, 11) is 0. The number of nitrogens with zero attached hydrogens (tertiary/aromatic N) is 3. The highest BCUT2D eigenvalue weighted by molar-refractivity contribution is 5.78. The quantitative estimate of drug-likeness (QED) is 0.522. The molecule has 2 aliphatic heterocycles. The molecule has 4 atom stereocenters. The van der Waals surface area contributed by atoms with Crippen LogP contribution in [0, 0.1) is 0 Å². The van der Waals surface area contributed by atoms with Crippen LogP contribution in [0.2, 0.25) is 0 Å². The van der Waals surface area contributed by atoms with Gasteiger partial charge in [0, 0.05) is 74.6 Å². The molecule has 35 heavy (non-hydrogen) atoms. The number of pyridine rings is 1. The fourth-order valence-corrected chi connectivity index (χ4v) is 5.15. The Morgan fingerprint density at radius 1 is 1.23 bits per heavy atom. The van der Waals surface area contributed by atoms with Crippen molar-refractivity contribution in [2.75, 3.05) is 45.9 Å². The Labute approximate surface area is 211 Å². The first-order valence-corrected chi connectivity index (χ1v) is 13.4. The minimum absolute atomic E-state index is 0.0274. The molecule has 0 aliphatic carbocycles. The van der Waals surface area contributed by atoms with Gasteiger partial charge in [0.15, 0.2) is 0 Å².